The van der Waals surface area contributed by atoms with E-state index in [0.29, 0.717) is 6.54 Å². The Bertz CT molecular complexity index is 497. The lowest BCUT2D eigenvalue weighted by atomic mass is 9.95. The molecule has 1 aliphatic rings. The van der Waals surface area contributed by atoms with Crippen molar-refractivity contribution in [3.63, 3.8) is 0 Å². The van der Waals surface area contributed by atoms with Gasteiger partial charge < -0.3 is 10.1 Å². The third-order valence-electron chi connectivity index (χ3n) is 3.40. The molecule has 1 aromatic carbocycles. The Morgan fingerprint density at radius 1 is 1.42 bits per heavy atom. The molecule has 1 saturated carbocycles. The molecule has 1 aliphatic carbocycles. The van der Waals surface area contributed by atoms with Gasteiger partial charge in [-0.05, 0) is 30.5 Å². The van der Waals surface area contributed by atoms with Crippen molar-refractivity contribution in [1.82, 2.24) is 5.32 Å². The lowest BCUT2D eigenvalue weighted by Gasteiger charge is -2.15. The van der Waals surface area contributed by atoms with E-state index in [0.717, 1.165) is 22.9 Å². The monoisotopic (exact) mass is 325 g/mol. The molecule has 0 bridgehead atoms. The fourth-order valence-corrected chi connectivity index (χ4v) is 2.51. The first-order valence-electron chi connectivity index (χ1n) is 6.20. The normalized spacial score (nSPS) is 15.7. The van der Waals surface area contributed by atoms with Crippen molar-refractivity contribution in [1.29, 1.82) is 0 Å². The Hall–Kier alpha value is -1.36. The van der Waals surface area contributed by atoms with Gasteiger partial charge in [0, 0.05) is 11.0 Å². The zero-order valence-electron chi connectivity index (χ0n) is 10.7. The molecule has 1 amide bonds. The predicted octanol–water partition coefficient (Wildman–Crippen LogP) is 2.16. The van der Waals surface area contributed by atoms with E-state index in [2.05, 4.69) is 26.0 Å². The molecule has 5 heteroatoms. The highest BCUT2D eigenvalue weighted by Gasteiger charge is 2.51. The third-order valence-corrected chi connectivity index (χ3v) is 3.90. The summed E-state index contributed by atoms with van der Waals surface area (Å²) < 4.78 is 5.51. The van der Waals surface area contributed by atoms with Crippen molar-refractivity contribution in [2.24, 2.45) is 0 Å². The number of methoxy groups -OCH3 is 1. The van der Waals surface area contributed by atoms with Gasteiger partial charge >= 0.3 is 5.97 Å². The van der Waals surface area contributed by atoms with Gasteiger partial charge in [0.15, 0.2) is 0 Å². The van der Waals surface area contributed by atoms with Crippen LogP contribution in [0.3, 0.4) is 0 Å². The molecule has 1 fully saturated rings. The zero-order chi connectivity index (χ0) is 13.9. The van der Waals surface area contributed by atoms with Gasteiger partial charge in [0.2, 0.25) is 5.91 Å². The summed E-state index contributed by atoms with van der Waals surface area (Å²) in [4.78, 5) is 23.2. The Balaban J connectivity index is 1.97. The molecule has 4 nitrogen and oxygen atoms in total. The number of rotatable bonds is 5. The molecule has 0 unspecified atom stereocenters. The van der Waals surface area contributed by atoms with Crippen LogP contribution < -0.4 is 5.32 Å². The van der Waals surface area contributed by atoms with Crippen LogP contribution in [-0.4, -0.2) is 25.5 Å². The Kier molecular flexibility index (Phi) is 4.24. The van der Waals surface area contributed by atoms with Gasteiger partial charge in [-0.3, -0.25) is 9.59 Å². The van der Waals surface area contributed by atoms with Crippen molar-refractivity contribution in [3.8, 4) is 0 Å². The fourth-order valence-electron chi connectivity index (χ4n) is 2.11. The smallest absolute Gasteiger partial charge is 0.307 e. The summed E-state index contributed by atoms with van der Waals surface area (Å²) in [6.45, 7) is 0.321. The molecular weight excluding hydrogens is 310 g/mol. The maximum atomic E-state index is 12.2. The SMILES string of the molecule is COC(=O)CCNC(=O)C1(c2cccc(Br)c2)CC1. The van der Waals surface area contributed by atoms with Crippen molar-refractivity contribution < 1.29 is 14.3 Å². The number of carbonyl (C=O) groups is 2. The fraction of sp³-hybridized carbons (Fsp3) is 0.429. The Morgan fingerprint density at radius 2 is 2.16 bits per heavy atom. The second-order valence-corrected chi connectivity index (χ2v) is 5.59. The van der Waals surface area contributed by atoms with Crippen LogP contribution in [-0.2, 0) is 19.7 Å². The lowest BCUT2D eigenvalue weighted by molar-refractivity contribution is -0.140. The lowest BCUT2D eigenvalue weighted by Crippen LogP contribution is -2.36. The maximum Gasteiger partial charge on any atom is 0.307 e. The van der Waals surface area contributed by atoms with Gasteiger partial charge in [-0.25, -0.2) is 0 Å². The van der Waals surface area contributed by atoms with Crippen molar-refractivity contribution in [2.45, 2.75) is 24.7 Å². The number of benzene rings is 1. The predicted molar refractivity (Wildman–Crippen MR) is 74.7 cm³/mol. The van der Waals surface area contributed by atoms with Gasteiger partial charge in [-0.15, -0.1) is 0 Å². The van der Waals surface area contributed by atoms with Crippen molar-refractivity contribution in [2.75, 3.05) is 13.7 Å². The first-order valence-corrected chi connectivity index (χ1v) is 6.99. The van der Waals surface area contributed by atoms with Crippen LogP contribution in [0.2, 0.25) is 0 Å². The summed E-state index contributed by atoms with van der Waals surface area (Å²) in [5.41, 5.74) is 0.623. The molecule has 0 atom stereocenters. The minimum absolute atomic E-state index is 0.00509. The minimum Gasteiger partial charge on any atom is -0.469 e. The highest BCUT2D eigenvalue weighted by Crippen LogP contribution is 2.48. The summed E-state index contributed by atoms with van der Waals surface area (Å²) in [6, 6.07) is 7.82. The van der Waals surface area contributed by atoms with E-state index in [-0.39, 0.29) is 18.3 Å². The summed E-state index contributed by atoms with van der Waals surface area (Å²) in [7, 11) is 1.34. The molecular formula is C14H16BrNO3. The van der Waals surface area contributed by atoms with E-state index in [1.54, 1.807) is 0 Å². The number of nitrogens with one attached hydrogen (secondary N) is 1. The Labute approximate surface area is 120 Å². The second-order valence-electron chi connectivity index (χ2n) is 4.67. The second kappa shape index (κ2) is 5.74. The van der Waals surface area contributed by atoms with Crippen molar-refractivity contribution in [3.05, 3.63) is 34.3 Å². The van der Waals surface area contributed by atoms with Gasteiger partial charge in [0.05, 0.1) is 18.9 Å². The molecule has 19 heavy (non-hydrogen) atoms. The van der Waals surface area contributed by atoms with E-state index in [4.69, 9.17) is 0 Å². The largest absolute Gasteiger partial charge is 0.469 e. The molecule has 0 heterocycles. The van der Waals surface area contributed by atoms with Gasteiger partial charge in [-0.1, -0.05) is 28.1 Å². The summed E-state index contributed by atoms with van der Waals surface area (Å²) in [5.74, 6) is -0.317. The summed E-state index contributed by atoms with van der Waals surface area (Å²) in [5, 5.41) is 2.81. The van der Waals surface area contributed by atoms with Crippen LogP contribution in [0.15, 0.2) is 28.7 Å². The minimum atomic E-state index is -0.403. The third kappa shape index (κ3) is 3.15. The first-order chi connectivity index (χ1) is 9.08. The molecule has 102 valence electrons. The van der Waals surface area contributed by atoms with Crippen LogP contribution in [0.5, 0.6) is 0 Å². The van der Waals surface area contributed by atoms with E-state index in [1.807, 2.05) is 24.3 Å². The topological polar surface area (TPSA) is 55.4 Å². The van der Waals surface area contributed by atoms with Crippen LogP contribution >= 0.6 is 15.9 Å². The molecule has 1 aromatic rings. The number of hydrogen-bond donors (Lipinski definition) is 1. The van der Waals surface area contributed by atoms with E-state index >= 15 is 0 Å². The maximum absolute atomic E-state index is 12.2. The molecule has 2 rings (SSSR count). The molecule has 0 spiro atoms. The molecule has 0 radical (unpaired) electrons. The first kappa shape index (κ1) is 14.1. The quantitative estimate of drug-likeness (QED) is 0.844. The van der Waals surface area contributed by atoms with Gasteiger partial charge in [-0.2, -0.15) is 0 Å². The number of ether oxygens (including phenoxy) is 1. The van der Waals surface area contributed by atoms with Crippen molar-refractivity contribution >= 4 is 27.8 Å². The summed E-state index contributed by atoms with van der Waals surface area (Å²) in [6.07, 6.45) is 1.91. The standard InChI is InChI=1S/C14H16BrNO3/c1-19-12(17)5-8-16-13(18)14(6-7-14)10-3-2-4-11(15)9-10/h2-4,9H,5-8H2,1H3,(H,16,18). The Morgan fingerprint density at radius 3 is 2.74 bits per heavy atom. The highest BCUT2D eigenvalue weighted by molar-refractivity contribution is 9.10. The number of carbonyl (C=O) groups excluding carboxylic acids is 2. The molecule has 0 aromatic heterocycles. The van der Waals surface area contributed by atoms with E-state index in [1.165, 1.54) is 7.11 Å². The van der Waals surface area contributed by atoms with Crippen LogP contribution in [0.1, 0.15) is 24.8 Å². The van der Waals surface area contributed by atoms with Crippen LogP contribution in [0, 0.1) is 0 Å². The zero-order valence-corrected chi connectivity index (χ0v) is 12.3. The average molecular weight is 326 g/mol. The van der Waals surface area contributed by atoms with Crippen LogP contribution in [0.4, 0.5) is 0 Å². The highest BCUT2D eigenvalue weighted by atomic mass is 79.9. The number of hydrogen-bond acceptors (Lipinski definition) is 3. The molecule has 1 N–H and O–H groups in total. The van der Waals surface area contributed by atoms with Gasteiger partial charge in [0.1, 0.15) is 0 Å². The number of esters is 1. The van der Waals surface area contributed by atoms with E-state index in [9.17, 15) is 9.59 Å². The average Bonchev–Trinajstić information content (AvgIpc) is 3.20. The molecule has 0 saturated heterocycles. The van der Waals surface area contributed by atoms with Gasteiger partial charge in [0.25, 0.3) is 0 Å². The van der Waals surface area contributed by atoms with E-state index < -0.39 is 5.41 Å². The van der Waals surface area contributed by atoms with Crippen LogP contribution in [0.25, 0.3) is 0 Å². The number of amides is 1. The number of halogens is 1. The molecule has 0 aliphatic heterocycles. The summed E-state index contributed by atoms with van der Waals surface area (Å²) >= 11 is 3.42.